The summed E-state index contributed by atoms with van der Waals surface area (Å²) in [5.74, 6) is 0.954. The molecule has 0 fully saturated rings. The third kappa shape index (κ3) is 4.06. The van der Waals surface area contributed by atoms with Gasteiger partial charge in [0.05, 0.1) is 11.0 Å². The smallest absolute Gasteiger partial charge is 0.145 e. The van der Waals surface area contributed by atoms with Gasteiger partial charge in [0.2, 0.25) is 0 Å². The number of rotatable bonds is 4. The predicted molar refractivity (Wildman–Crippen MR) is 178 cm³/mol. The molecular weight excluding hydrogens is 520 g/mol. The minimum Gasteiger partial charge on any atom is -0.292 e. The second-order valence-electron chi connectivity index (χ2n) is 11.9. The summed E-state index contributed by atoms with van der Waals surface area (Å²) in [6.07, 6.45) is 7.87. The lowest BCUT2D eigenvalue weighted by molar-refractivity contribution is 0.547. The Bertz CT molecular complexity index is 2200. The predicted octanol–water partition coefficient (Wildman–Crippen LogP) is 8.31. The summed E-state index contributed by atoms with van der Waals surface area (Å²) in [7, 11) is 0. The van der Waals surface area contributed by atoms with Gasteiger partial charge in [0.1, 0.15) is 5.82 Å². The largest absolute Gasteiger partial charge is 0.292 e. The highest BCUT2D eigenvalue weighted by Gasteiger charge is 2.39. The maximum atomic E-state index is 5.05. The van der Waals surface area contributed by atoms with Crippen LogP contribution < -0.4 is 10.4 Å². The Labute approximate surface area is 252 Å². The van der Waals surface area contributed by atoms with Crippen LogP contribution in [0, 0.1) is 12.3 Å². The number of imidazole rings is 1. The van der Waals surface area contributed by atoms with E-state index in [2.05, 4.69) is 164 Å². The molecule has 2 aliphatic carbocycles. The average Bonchev–Trinajstić information content (AvgIpc) is 3.44. The molecular formula is C41H32N2. The third-order valence-electron chi connectivity index (χ3n) is 9.12. The molecule has 2 aliphatic rings. The van der Waals surface area contributed by atoms with Crippen molar-refractivity contribution in [1.29, 1.82) is 0 Å². The van der Waals surface area contributed by atoms with Gasteiger partial charge < -0.3 is 0 Å². The first-order valence-electron chi connectivity index (χ1n) is 15.0. The van der Waals surface area contributed by atoms with Crippen LogP contribution >= 0.6 is 0 Å². The lowest BCUT2D eigenvalue weighted by Gasteiger charge is -2.40. The molecule has 2 nitrogen and oxygen atoms in total. The monoisotopic (exact) mass is 552 g/mol. The number of fused-ring (bicyclic) bond motifs is 3. The van der Waals surface area contributed by atoms with Crippen molar-refractivity contribution in [3.63, 3.8) is 0 Å². The molecule has 5 aromatic carbocycles. The van der Waals surface area contributed by atoms with Gasteiger partial charge in [-0.2, -0.15) is 0 Å². The van der Waals surface area contributed by atoms with Gasteiger partial charge in [-0.1, -0.05) is 134 Å². The van der Waals surface area contributed by atoms with Crippen molar-refractivity contribution in [2.24, 2.45) is 5.41 Å². The summed E-state index contributed by atoms with van der Waals surface area (Å²) >= 11 is 0. The zero-order chi connectivity index (χ0) is 29.0. The van der Waals surface area contributed by atoms with Crippen LogP contribution in [-0.4, -0.2) is 9.55 Å². The van der Waals surface area contributed by atoms with Crippen molar-refractivity contribution in [3.05, 3.63) is 178 Å². The van der Waals surface area contributed by atoms with Gasteiger partial charge in [0.15, 0.2) is 0 Å². The molecule has 0 amide bonds. The van der Waals surface area contributed by atoms with Gasteiger partial charge >= 0.3 is 0 Å². The number of hydrogen-bond acceptors (Lipinski definition) is 1. The SMILES string of the molecule is Cc1ccc2c(c1)=C(c1ccc(-n3c(-c4ccccc4)nc4ccccc43)cc1)C1=CC=CCC1(C)C=2c1ccccc1. The van der Waals surface area contributed by atoms with Gasteiger partial charge in [-0.05, 0) is 75.9 Å². The van der Waals surface area contributed by atoms with Gasteiger partial charge in [0, 0.05) is 16.7 Å². The van der Waals surface area contributed by atoms with Gasteiger partial charge in [-0.25, -0.2) is 4.98 Å². The van der Waals surface area contributed by atoms with E-state index in [1.165, 1.54) is 43.8 Å². The Kier molecular flexibility index (Phi) is 5.90. The lowest BCUT2D eigenvalue weighted by atomic mass is 9.62. The summed E-state index contributed by atoms with van der Waals surface area (Å²) in [5.41, 5.74) is 12.1. The highest BCUT2D eigenvalue weighted by Crippen LogP contribution is 2.50. The molecule has 8 rings (SSSR count). The molecule has 1 atom stereocenters. The Balaban J connectivity index is 1.38. The maximum Gasteiger partial charge on any atom is 0.145 e. The average molecular weight is 553 g/mol. The number of para-hydroxylation sites is 2. The molecule has 0 saturated heterocycles. The molecule has 0 radical (unpaired) electrons. The zero-order valence-electron chi connectivity index (χ0n) is 24.5. The number of benzene rings is 5. The Morgan fingerprint density at radius 3 is 2.14 bits per heavy atom. The number of hydrogen-bond donors (Lipinski definition) is 0. The standard InChI is InChI=1S/C41H32N2/c1-28-20-25-33-34(27-28)38(35-17-11-12-26-41(35,2)39(33)30-13-5-3-6-14-30)29-21-23-32(24-22-29)43-37-19-10-9-18-36(37)42-40(43)31-15-7-4-8-16-31/h3-25,27H,26H2,1-2H3. The van der Waals surface area contributed by atoms with Crippen LogP contribution in [0.4, 0.5) is 0 Å². The highest BCUT2D eigenvalue weighted by molar-refractivity contribution is 5.91. The van der Waals surface area contributed by atoms with E-state index >= 15 is 0 Å². The van der Waals surface area contributed by atoms with Crippen molar-refractivity contribution >= 4 is 22.2 Å². The van der Waals surface area contributed by atoms with Crippen LogP contribution in [0.25, 0.3) is 39.3 Å². The summed E-state index contributed by atoms with van der Waals surface area (Å²) in [6, 6.07) is 45.9. The molecule has 0 saturated carbocycles. The van der Waals surface area contributed by atoms with E-state index < -0.39 is 0 Å². The van der Waals surface area contributed by atoms with Crippen molar-refractivity contribution in [2.75, 3.05) is 0 Å². The third-order valence-corrected chi connectivity index (χ3v) is 9.12. The maximum absolute atomic E-state index is 5.05. The lowest BCUT2D eigenvalue weighted by Crippen LogP contribution is -2.42. The number of nitrogens with zero attached hydrogens (tertiary/aromatic N) is 2. The van der Waals surface area contributed by atoms with E-state index in [0.717, 1.165) is 34.5 Å². The van der Waals surface area contributed by atoms with Crippen LogP contribution in [0.3, 0.4) is 0 Å². The molecule has 1 aromatic heterocycles. The molecule has 0 bridgehead atoms. The molecule has 1 heterocycles. The summed E-state index contributed by atoms with van der Waals surface area (Å²) in [5, 5.41) is 2.64. The molecule has 0 aliphatic heterocycles. The summed E-state index contributed by atoms with van der Waals surface area (Å²) < 4.78 is 2.28. The number of aromatic nitrogens is 2. The molecule has 6 aromatic rings. The van der Waals surface area contributed by atoms with Crippen molar-refractivity contribution in [2.45, 2.75) is 20.3 Å². The molecule has 0 N–H and O–H groups in total. The minimum atomic E-state index is -0.132. The van der Waals surface area contributed by atoms with Gasteiger partial charge in [-0.15, -0.1) is 0 Å². The molecule has 1 unspecified atom stereocenters. The Morgan fingerprint density at radius 1 is 0.674 bits per heavy atom. The van der Waals surface area contributed by atoms with Crippen LogP contribution in [0.5, 0.6) is 0 Å². The van der Waals surface area contributed by atoms with Gasteiger partial charge in [-0.3, -0.25) is 4.57 Å². The fraction of sp³-hybridized carbons (Fsp3) is 0.0976. The fourth-order valence-corrected chi connectivity index (χ4v) is 7.12. The first kappa shape index (κ1) is 25.5. The molecule has 2 heteroatoms. The first-order valence-corrected chi connectivity index (χ1v) is 15.0. The molecule has 206 valence electrons. The minimum absolute atomic E-state index is 0.132. The number of aryl methyl sites for hydroxylation is 1. The van der Waals surface area contributed by atoms with E-state index in [1.54, 1.807) is 0 Å². The van der Waals surface area contributed by atoms with Crippen LogP contribution in [0.15, 0.2) is 151 Å². The Hall–Kier alpha value is -5.21. The summed E-state index contributed by atoms with van der Waals surface area (Å²) in [6.45, 7) is 4.62. The molecule has 43 heavy (non-hydrogen) atoms. The van der Waals surface area contributed by atoms with E-state index in [4.69, 9.17) is 4.98 Å². The van der Waals surface area contributed by atoms with Crippen molar-refractivity contribution < 1.29 is 0 Å². The van der Waals surface area contributed by atoms with Crippen LogP contribution in [-0.2, 0) is 0 Å². The van der Waals surface area contributed by atoms with E-state index in [1.807, 2.05) is 0 Å². The number of allylic oxidation sites excluding steroid dienone is 4. The Morgan fingerprint density at radius 2 is 1.37 bits per heavy atom. The normalized spacial score (nSPS) is 17.5. The first-order chi connectivity index (χ1) is 21.1. The van der Waals surface area contributed by atoms with E-state index in [9.17, 15) is 0 Å². The fourth-order valence-electron chi connectivity index (χ4n) is 7.12. The van der Waals surface area contributed by atoms with Crippen molar-refractivity contribution in [3.8, 4) is 17.1 Å². The van der Waals surface area contributed by atoms with Crippen molar-refractivity contribution in [1.82, 2.24) is 9.55 Å². The van der Waals surface area contributed by atoms with Crippen LogP contribution in [0.1, 0.15) is 30.0 Å². The second-order valence-corrected chi connectivity index (χ2v) is 11.9. The second kappa shape index (κ2) is 9.96. The highest BCUT2D eigenvalue weighted by atomic mass is 15.1. The summed E-state index contributed by atoms with van der Waals surface area (Å²) in [4.78, 5) is 5.05. The quantitative estimate of drug-likeness (QED) is 0.215. The topological polar surface area (TPSA) is 17.8 Å². The van der Waals surface area contributed by atoms with Gasteiger partial charge in [0.25, 0.3) is 0 Å². The van der Waals surface area contributed by atoms with E-state index in [0.29, 0.717) is 0 Å². The van der Waals surface area contributed by atoms with E-state index in [-0.39, 0.29) is 5.41 Å². The molecule has 0 spiro atoms. The zero-order valence-corrected chi connectivity index (χ0v) is 24.5. The van der Waals surface area contributed by atoms with Crippen LogP contribution in [0.2, 0.25) is 0 Å².